The Morgan fingerprint density at radius 2 is 2.00 bits per heavy atom. The number of rotatable bonds is 4. The van der Waals surface area contributed by atoms with E-state index in [2.05, 4.69) is 0 Å². The number of ether oxygens (including phenoxy) is 3. The molecule has 0 aromatic rings. The summed E-state index contributed by atoms with van der Waals surface area (Å²) in [7, 11) is 0. The monoisotopic (exact) mass is 360 g/mol. The lowest BCUT2D eigenvalue weighted by Crippen LogP contribution is -2.61. The molecule has 0 spiro atoms. The highest BCUT2D eigenvalue weighted by Crippen LogP contribution is 2.49. The summed E-state index contributed by atoms with van der Waals surface area (Å²) in [5.41, 5.74) is -1.26. The largest absolute Gasteiger partial charge is 0.471 e. The molecule has 142 valence electrons. The lowest BCUT2D eigenvalue weighted by atomic mass is 9.80. The van der Waals surface area contributed by atoms with Gasteiger partial charge in [0.15, 0.2) is 12.6 Å². The van der Waals surface area contributed by atoms with Crippen molar-refractivity contribution in [1.82, 2.24) is 0 Å². The molecule has 9 atom stereocenters. The van der Waals surface area contributed by atoms with Crippen molar-refractivity contribution in [2.75, 3.05) is 6.61 Å². The van der Waals surface area contributed by atoms with Crippen molar-refractivity contribution in [3.63, 3.8) is 0 Å². The number of aliphatic hydroxyl groups excluding tert-OH is 4. The SMILES string of the molecule is C[C@@H]1CC[C@]2(O)C(C=O)=CO[C@@H](O[C@H]3O[C@@H](CO)[C@@H](O)[C@@H](O)[C@@H]3O)[C@@H]12. The van der Waals surface area contributed by atoms with E-state index < -0.39 is 55.1 Å². The van der Waals surface area contributed by atoms with Gasteiger partial charge in [-0.1, -0.05) is 6.92 Å². The molecule has 0 radical (unpaired) electrons. The molecule has 0 amide bonds. The van der Waals surface area contributed by atoms with E-state index in [4.69, 9.17) is 14.2 Å². The first-order valence-corrected chi connectivity index (χ1v) is 8.33. The van der Waals surface area contributed by atoms with Crippen LogP contribution in [-0.2, 0) is 19.0 Å². The summed E-state index contributed by atoms with van der Waals surface area (Å²) in [6.07, 6.45) is -5.40. The molecule has 3 aliphatic rings. The summed E-state index contributed by atoms with van der Waals surface area (Å²) in [5.74, 6) is -0.589. The van der Waals surface area contributed by atoms with Crippen LogP contribution in [0.4, 0.5) is 0 Å². The van der Waals surface area contributed by atoms with Crippen LogP contribution in [0, 0.1) is 11.8 Å². The molecule has 25 heavy (non-hydrogen) atoms. The van der Waals surface area contributed by atoms with Crippen molar-refractivity contribution in [2.45, 2.75) is 62.4 Å². The highest BCUT2D eigenvalue weighted by atomic mass is 16.8. The molecule has 9 heteroatoms. The average molecular weight is 360 g/mol. The van der Waals surface area contributed by atoms with Crippen molar-refractivity contribution >= 4 is 6.29 Å². The maximum atomic E-state index is 11.2. The molecule has 5 N–H and O–H groups in total. The fourth-order valence-corrected chi connectivity index (χ4v) is 3.98. The molecule has 2 heterocycles. The highest BCUT2D eigenvalue weighted by Gasteiger charge is 2.56. The number of carbonyl (C=O) groups is 1. The van der Waals surface area contributed by atoms with Gasteiger partial charge in [0.2, 0.25) is 6.29 Å². The maximum absolute atomic E-state index is 11.2. The van der Waals surface area contributed by atoms with Crippen LogP contribution in [0.15, 0.2) is 11.8 Å². The van der Waals surface area contributed by atoms with Gasteiger partial charge in [-0.3, -0.25) is 4.79 Å². The molecule has 1 aliphatic carbocycles. The Morgan fingerprint density at radius 3 is 2.64 bits per heavy atom. The van der Waals surface area contributed by atoms with Gasteiger partial charge in [-0.15, -0.1) is 0 Å². The number of hydrogen-bond acceptors (Lipinski definition) is 9. The van der Waals surface area contributed by atoms with Gasteiger partial charge in [0.25, 0.3) is 0 Å². The summed E-state index contributed by atoms with van der Waals surface area (Å²) in [6, 6.07) is 0. The van der Waals surface area contributed by atoms with Gasteiger partial charge in [-0.25, -0.2) is 0 Å². The van der Waals surface area contributed by atoms with Gasteiger partial charge in [-0.05, 0) is 18.8 Å². The Labute approximate surface area is 144 Å². The van der Waals surface area contributed by atoms with Crippen LogP contribution < -0.4 is 0 Å². The number of carbonyl (C=O) groups excluding carboxylic acids is 1. The van der Waals surface area contributed by atoms with Crippen LogP contribution in [0.5, 0.6) is 0 Å². The van der Waals surface area contributed by atoms with Crippen molar-refractivity contribution in [3.8, 4) is 0 Å². The number of aliphatic hydroxyl groups is 5. The Bertz CT molecular complexity index is 536. The fourth-order valence-electron chi connectivity index (χ4n) is 3.98. The second kappa shape index (κ2) is 6.92. The minimum Gasteiger partial charge on any atom is -0.471 e. The summed E-state index contributed by atoms with van der Waals surface area (Å²) in [6.45, 7) is 1.32. The zero-order valence-electron chi connectivity index (χ0n) is 13.8. The van der Waals surface area contributed by atoms with Gasteiger partial charge in [0, 0.05) is 0 Å². The summed E-state index contributed by atoms with van der Waals surface area (Å²) < 4.78 is 16.4. The van der Waals surface area contributed by atoms with E-state index in [-0.39, 0.29) is 11.5 Å². The Hall–Kier alpha value is -1.07. The normalized spacial score (nSPS) is 49.9. The van der Waals surface area contributed by atoms with Crippen molar-refractivity contribution in [2.24, 2.45) is 11.8 Å². The minimum absolute atomic E-state index is 0.0245. The molecule has 9 nitrogen and oxygen atoms in total. The molecule has 1 saturated carbocycles. The predicted molar refractivity (Wildman–Crippen MR) is 80.7 cm³/mol. The maximum Gasteiger partial charge on any atom is 0.207 e. The topological polar surface area (TPSA) is 146 Å². The zero-order chi connectivity index (χ0) is 18.4. The van der Waals surface area contributed by atoms with E-state index in [1.165, 1.54) is 0 Å². The zero-order valence-corrected chi connectivity index (χ0v) is 13.8. The molecule has 2 fully saturated rings. The van der Waals surface area contributed by atoms with Crippen LogP contribution in [0.25, 0.3) is 0 Å². The molecule has 3 rings (SSSR count). The average Bonchev–Trinajstić information content (AvgIpc) is 2.91. The van der Waals surface area contributed by atoms with E-state index >= 15 is 0 Å². The molecule has 1 saturated heterocycles. The summed E-state index contributed by atoms with van der Waals surface area (Å²) in [5, 5.41) is 49.9. The molecular weight excluding hydrogens is 336 g/mol. The Kier molecular flexibility index (Phi) is 5.18. The van der Waals surface area contributed by atoms with Gasteiger partial charge in [-0.2, -0.15) is 0 Å². The van der Waals surface area contributed by atoms with Gasteiger partial charge >= 0.3 is 0 Å². The van der Waals surface area contributed by atoms with E-state index in [0.717, 1.165) is 6.26 Å². The first-order chi connectivity index (χ1) is 11.8. The Morgan fingerprint density at radius 1 is 1.28 bits per heavy atom. The van der Waals surface area contributed by atoms with Crippen molar-refractivity contribution in [1.29, 1.82) is 0 Å². The third-order valence-corrected chi connectivity index (χ3v) is 5.51. The third-order valence-electron chi connectivity index (χ3n) is 5.51. The highest BCUT2D eigenvalue weighted by molar-refractivity contribution is 5.76. The van der Waals surface area contributed by atoms with E-state index in [9.17, 15) is 30.3 Å². The van der Waals surface area contributed by atoms with Gasteiger partial charge in [0.05, 0.1) is 24.4 Å². The second-order valence-corrected chi connectivity index (χ2v) is 6.99. The quantitative estimate of drug-likeness (QED) is 0.360. The second-order valence-electron chi connectivity index (χ2n) is 6.99. The van der Waals surface area contributed by atoms with E-state index in [0.29, 0.717) is 19.1 Å². The van der Waals surface area contributed by atoms with Crippen LogP contribution >= 0.6 is 0 Å². The smallest absolute Gasteiger partial charge is 0.207 e. The van der Waals surface area contributed by atoms with Crippen LogP contribution in [0.1, 0.15) is 19.8 Å². The standard InChI is InChI=1S/C16H24O9/c1-7-2-3-16(22)8(4-17)6-23-14(10(7)16)25-15-13(21)12(20)11(19)9(5-18)24-15/h4,6-7,9-15,18-22H,2-3,5H2,1H3/t7-,9+,10-,11-,12-,13+,14+,15-,16+/m1/s1. The number of aldehydes is 1. The van der Waals surface area contributed by atoms with Gasteiger partial charge in [0.1, 0.15) is 30.0 Å². The lowest BCUT2D eigenvalue weighted by molar-refractivity contribution is -0.346. The van der Waals surface area contributed by atoms with Crippen molar-refractivity contribution in [3.05, 3.63) is 11.8 Å². The molecule has 0 unspecified atom stereocenters. The van der Waals surface area contributed by atoms with E-state index in [1.54, 1.807) is 0 Å². The van der Waals surface area contributed by atoms with Crippen LogP contribution in [-0.4, -0.2) is 81.0 Å². The fraction of sp³-hybridized carbons (Fsp3) is 0.812. The molecule has 0 aromatic carbocycles. The molecule has 0 aromatic heterocycles. The molecule has 2 aliphatic heterocycles. The summed E-state index contributed by atoms with van der Waals surface area (Å²) in [4.78, 5) is 11.2. The predicted octanol–water partition coefficient (Wildman–Crippen LogP) is -1.98. The van der Waals surface area contributed by atoms with Crippen LogP contribution in [0.3, 0.4) is 0 Å². The molecule has 0 bridgehead atoms. The molecular formula is C16H24O9. The number of fused-ring (bicyclic) bond motifs is 1. The van der Waals surface area contributed by atoms with E-state index in [1.807, 2.05) is 6.92 Å². The van der Waals surface area contributed by atoms with Crippen LogP contribution in [0.2, 0.25) is 0 Å². The third kappa shape index (κ3) is 2.99. The minimum atomic E-state index is -1.57. The van der Waals surface area contributed by atoms with Gasteiger partial charge < -0.3 is 39.7 Å². The first kappa shape index (κ1) is 18.7. The lowest BCUT2D eigenvalue weighted by Gasteiger charge is -2.44. The first-order valence-electron chi connectivity index (χ1n) is 8.33. The summed E-state index contributed by atoms with van der Waals surface area (Å²) >= 11 is 0. The Balaban J connectivity index is 1.80. The van der Waals surface area contributed by atoms with Crippen molar-refractivity contribution < 1.29 is 44.5 Å². The number of hydrogen-bond donors (Lipinski definition) is 5.